The van der Waals surface area contributed by atoms with Crippen LogP contribution in [0.3, 0.4) is 0 Å². The highest BCUT2D eigenvalue weighted by Gasteiger charge is 2.30. The van der Waals surface area contributed by atoms with Crippen LogP contribution in [-0.4, -0.2) is 28.7 Å². The molecule has 7 nitrogen and oxygen atoms in total. The highest BCUT2D eigenvalue weighted by atomic mass is 32.1. The second kappa shape index (κ2) is 7.95. The minimum Gasteiger partial charge on any atom is -0.365 e. The number of carbonyl (C=O) groups excluding carboxylic acids is 3. The van der Waals surface area contributed by atoms with Gasteiger partial charge in [-0.05, 0) is 38.5 Å². The summed E-state index contributed by atoms with van der Waals surface area (Å²) in [5.74, 6) is -0.333. The molecule has 1 aromatic rings. The van der Waals surface area contributed by atoms with E-state index in [4.69, 9.17) is 5.73 Å². The number of rotatable bonds is 5. The normalized spacial score (nSPS) is 24.0. The fourth-order valence-corrected chi connectivity index (χ4v) is 4.33. The standard InChI is InChI=1S/C17H24N4O3S/c18-14(22)13-9-19-17(25-13)21-16(24)11-5-7-12(8-6-11)20-15(23)10-3-1-2-4-10/h9-12H,1-8H2,(H2,18,22)(H,20,23)(H,19,21,24). The van der Waals surface area contributed by atoms with E-state index in [1.165, 1.54) is 6.20 Å². The van der Waals surface area contributed by atoms with Crippen LogP contribution in [0, 0.1) is 11.8 Å². The summed E-state index contributed by atoms with van der Waals surface area (Å²) in [6.07, 6.45) is 8.82. The first-order chi connectivity index (χ1) is 12.0. The first-order valence-electron chi connectivity index (χ1n) is 8.90. The number of nitrogens with two attached hydrogens (primary N) is 1. The van der Waals surface area contributed by atoms with Crippen LogP contribution in [0.1, 0.15) is 61.0 Å². The third kappa shape index (κ3) is 4.56. The van der Waals surface area contributed by atoms with Gasteiger partial charge in [0.1, 0.15) is 4.88 Å². The second-order valence-corrected chi connectivity index (χ2v) is 7.95. The molecule has 8 heteroatoms. The van der Waals surface area contributed by atoms with Crippen molar-refractivity contribution in [3.05, 3.63) is 11.1 Å². The summed E-state index contributed by atoms with van der Waals surface area (Å²) < 4.78 is 0. The van der Waals surface area contributed by atoms with E-state index >= 15 is 0 Å². The molecular weight excluding hydrogens is 340 g/mol. The summed E-state index contributed by atoms with van der Waals surface area (Å²) in [6, 6.07) is 0.179. The lowest BCUT2D eigenvalue weighted by molar-refractivity contribution is -0.125. The van der Waals surface area contributed by atoms with Gasteiger partial charge >= 0.3 is 0 Å². The van der Waals surface area contributed by atoms with Crippen molar-refractivity contribution in [3.63, 3.8) is 0 Å². The minimum atomic E-state index is -0.545. The van der Waals surface area contributed by atoms with Gasteiger partial charge in [0.2, 0.25) is 11.8 Å². The van der Waals surface area contributed by atoms with Gasteiger partial charge in [0.05, 0.1) is 6.20 Å². The Hall–Kier alpha value is -1.96. The molecule has 0 bridgehead atoms. The van der Waals surface area contributed by atoms with Crippen molar-refractivity contribution in [2.24, 2.45) is 17.6 Å². The van der Waals surface area contributed by atoms with Crippen LogP contribution in [0.15, 0.2) is 6.20 Å². The average Bonchev–Trinajstić information content (AvgIpc) is 3.27. The Morgan fingerprint density at radius 2 is 1.64 bits per heavy atom. The molecule has 0 atom stereocenters. The van der Waals surface area contributed by atoms with Crippen LogP contribution < -0.4 is 16.4 Å². The molecule has 0 unspecified atom stereocenters. The molecule has 2 aliphatic carbocycles. The van der Waals surface area contributed by atoms with Gasteiger partial charge in [-0.25, -0.2) is 4.98 Å². The molecule has 0 saturated heterocycles. The lowest BCUT2D eigenvalue weighted by Crippen LogP contribution is -2.41. The molecule has 3 rings (SSSR count). The van der Waals surface area contributed by atoms with Gasteiger partial charge < -0.3 is 16.4 Å². The van der Waals surface area contributed by atoms with Crippen molar-refractivity contribution < 1.29 is 14.4 Å². The molecule has 3 amide bonds. The fraction of sp³-hybridized carbons (Fsp3) is 0.647. The van der Waals surface area contributed by atoms with Crippen molar-refractivity contribution >= 4 is 34.2 Å². The number of hydrogen-bond donors (Lipinski definition) is 3. The summed E-state index contributed by atoms with van der Waals surface area (Å²) in [5, 5.41) is 6.31. The van der Waals surface area contributed by atoms with Crippen LogP contribution in [0.5, 0.6) is 0 Å². The zero-order chi connectivity index (χ0) is 17.8. The zero-order valence-electron chi connectivity index (χ0n) is 14.1. The van der Waals surface area contributed by atoms with E-state index < -0.39 is 5.91 Å². The number of nitrogens with zero attached hydrogens (tertiary/aromatic N) is 1. The number of carbonyl (C=O) groups is 3. The van der Waals surface area contributed by atoms with E-state index in [-0.39, 0.29) is 29.7 Å². The fourth-order valence-electron chi connectivity index (χ4n) is 3.66. The molecular formula is C17H24N4O3S. The van der Waals surface area contributed by atoms with Crippen LogP contribution in [-0.2, 0) is 9.59 Å². The molecule has 0 aromatic carbocycles. The smallest absolute Gasteiger partial charge is 0.260 e. The third-order valence-electron chi connectivity index (χ3n) is 5.15. The third-order valence-corrected chi connectivity index (χ3v) is 6.08. The summed E-state index contributed by atoms with van der Waals surface area (Å²) in [5.41, 5.74) is 5.19. The molecule has 0 radical (unpaired) electrons. The molecule has 0 aliphatic heterocycles. The Morgan fingerprint density at radius 3 is 2.24 bits per heavy atom. The summed E-state index contributed by atoms with van der Waals surface area (Å²) in [6.45, 7) is 0. The van der Waals surface area contributed by atoms with Gasteiger partial charge in [-0.3, -0.25) is 14.4 Å². The first kappa shape index (κ1) is 17.8. The SMILES string of the molecule is NC(=O)c1cnc(NC(=O)C2CCC(NC(=O)C3CCCC3)CC2)s1. The number of aromatic nitrogens is 1. The molecule has 2 aliphatic rings. The number of primary amides is 1. The van der Waals surface area contributed by atoms with Gasteiger partial charge in [-0.15, -0.1) is 0 Å². The van der Waals surface area contributed by atoms with E-state index in [9.17, 15) is 14.4 Å². The first-order valence-corrected chi connectivity index (χ1v) is 9.71. The van der Waals surface area contributed by atoms with Gasteiger partial charge in [0.15, 0.2) is 5.13 Å². The topological polar surface area (TPSA) is 114 Å². The number of anilines is 1. The molecule has 1 heterocycles. The van der Waals surface area contributed by atoms with Crippen molar-refractivity contribution in [3.8, 4) is 0 Å². The average molecular weight is 364 g/mol. The molecule has 0 spiro atoms. The lowest BCUT2D eigenvalue weighted by atomic mass is 9.85. The van der Waals surface area contributed by atoms with Gasteiger partial charge in [0, 0.05) is 17.9 Å². The van der Waals surface area contributed by atoms with Gasteiger partial charge in [-0.2, -0.15) is 0 Å². The lowest BCUT2D eigenvalue weighted by Gasteiger charge is -2.29. The van der Waals surface area contributed by atoms with Crippen molar-refractivity contribution in [2.75, 3.05) is 5.32 Å². The van der Waals surface area contributed by atoms with E-state index in [1.54, 1.807) is 0 Å². The van der Waals surface area contributed by atoms with Crippen LogP contribution in [0.4, 0.5) is 5.13 Å². The number of thiazole rings is 1. The maximum Gasteiger partial charge on any atom is 0.260 e. The summed E-state index contributed by atoms with van der Waals surface area (Å²) in [7, 11) is 0. The molecule has 1 aromatic heterocycles. The quantitative estimate of drug-likeness (QED) is 0.742. The number of amides is 3. The van der Waals surface area contributed by atoms with E-state index in [1.807, 2.05) is 0 Å². The van der Waals surface area contributed by atoms with Crippen LogP contribution in [0.2, 0.25) is 0 Å². The predicted octanol–water partition coefficient (Wildman–Crippen LogP) is 2.05. The highest BCUT2D eigenvalue weighted by molar-refractivity contribution is 7.17. The molecule has 25 heavy (non-hydrogen) atoms. The van der Waals surface area contributed by atoms with E-state index in [2.05, 4.69) is 15.6 Å². The molecule has 2 saturated carbocycles. The van der Waals surface area contributed by atoms with Crippen molar-refractivity contribution in [1.82, 2.24) is 10.3 Å². The maximum absolute atomic E-state index is 12.3. The van der Waals surface area contributed by atoms with E-state index in [0.717, 1.165) is 62.7 Å². The summed E-state index contributed by atoms with van der Waals surface area (Å²) in [4.78, 5) is 39.9. The molecule has 4 N–H and O–H groups in total. The maximum atomic E-state index is 12.3. The molecule has 2 fully saturated rings. The van der Waals surface area contributed by atoms with Gasteiger partial charge in [0.25, 0.3) is 5.91 Å². The highest BCUT2D eigenvalue weighted by Crippen LogP contribution is 2.29. The second-order valence-electron chi connectivity index (χ2n) is 6.92. The van der Waals surface area contributed by atoms with E-state index in [0.29, 0.717) is 10.0 Å². The Balaban J connectivity index is 1.44. The Kier molecular flexibility index (Phi) is 5.67. The summed E-state index contributed by atoms with van der Waals surface area (Å²) >= 11 is 1.08. The Morgan fingerprint density at radius 1 is 1.00 bits per heavy atom. The minimum absolute atomic E-state index is 0.0778. The van der Waals surface area contributed by atoms with Crippen LogP contribution >= 0.6 is 11.3 Å². The number of hydrogen-bond acceptors (Lipinski definition) is 5. The largest absolute Gasteiger partial charge is 0.365 e. The van der Waals surface area contributed by atoms with Gasteiger partial charge in [-0.1, -0.05) is 24.2 Å². The van der Waals surface area contributed by atoms with Crippen molar-refractivity contribution in [2.45, 2.75) is 57.4 Å². The number of nitrogens with one attached hydrogen (secondary N) is 2. The van der Waals surface area contributed by atoms with Crippen molar-refractivity contribution in [1.29, 1.82) is 0 Å². The van der Waals surface area contributed by atoms with Crippen LogP contribution in [0.25, 0.3) is 0 Å². The predicted molar refractivity (Wildman–Crippen MR) is 95.1 cm³/mol. The Labute approximate surface area is 150 Å². The monoisotopic (exact) mass is 364 g/mol. The zero-order valence-corrected chi connectivity index (χ0v) is 14.9. The molecule has 136 valence electrons. The Bertz CT molecular complexity index is 646.